The molecule has 0 aliphatic heterocycles. The number of carbonyl (C=O) groups is 1. The van der Waals surface area contributed by atoms with Gasteiger partial charge in [0, 0.05) is 6.54 Å². The molecule has 6 nitrogen and oxygen atoms in total. The van der Waals surface area contributed by atoms with Gasteiger partial charge in [-0.15, -0.1) is 0 Å². The predicted molar refractivity (Wildman–Crippen MR) is 74.4 cm³/mol. The molecule has 1 rings (SSSR count). The highest BCUT2D eigenvalue weighted by Gasteiger charge is 2.18. The third kappa shape index (κ3) is 4.59. The Morgan fingerprint density at radius 3 is 2.60 bits per heavy atom. The van der Waals surface area contributed by atoms with E-state index in [1.807, 2.05) is 13.8 Å². The fourth-order valence-corrected chi connectivity index (χ4v) is 2.85. The van der Waals surface area contributed by atoms with Crippen molar-refractivity contribution in [2.75, 3.05) is 13.2 Å². The van der Waals surface area contributed by atoms with E-state index in [9.17, 15) is 13.2 Å². The van der Waals surface area contributed by atoms with E-state index in [1.54, 1.807) is 6.92 Å². The van der Waals surface area contributed by atoms with Gasteiger partial charge in [-0.25, -0.2) is 17.9 Å². The quantitative estimate of drug-likeness (QED) is 0.743. The van der Waals surface area contributed by atoms with Gasteiger partial charge < -0.3 is 9.84 Å². The second-order valence-electron chi connectivity index (χ2n) is 4.60. The Morgan fingerprint density at radius 1 is 1.40 bits per heavy atom. The minimum atomic E-state index is -3.74. The van der Waals surface area contributed by atoms with Crippen LogP contribution in [0, 0.1) is 6.92 Å². The number of hydrogen-bond acceptors (Lipinski definition) is 4. The number of benzene rings is 1. The summed E-state index contributed by atoms with van der Waals surface area (Å²) in [6, 6.07) is 4.00. The van der Waals surface area contributed by atoms with E-state index < -0.39 is 16.0 Å². The van der Waals surface area contributed by atoms with Crippen molar-refractivity contribution in [1.82, 2.24) is 4.72 Å². The first kappa shape index (κ1) is 16.6. The lowest BCUT2D eigenvalue weighted by molar-refractivity contribution is 0.0696. The Hall–Kier alpha value is -1.44. The summed E-state index contributed by atoms with van der Waals surface area (Å²) >= 11 is 0. The maximum Gasteiger partial charge on any atom is 0.335 e. The fourth-order valence-electron chi connectivity index (χ4n) is 1.57. The van der Waals surface area contributed by atoms with Gasteiger partial charge in [-0.1, -0.05) is 6.07 Å². The highest BCUT2D eigenvalue weighted by molar-refractivity contribution is 7.89. The summed E-state index contributed by atoms with van der Waals surface area (Å²) in [6.45, 7) is 5.72. The SMILES string of the molecule is Cc1ccc(C(=O)O)cc1S(=O)(=O)NCCOC(C)C. The van der Waals surface area contributed by atoms with Gasteiger partial charge in [-0.3, -0.25) is 0 Å². The van der Waals surface area contributed by atoms with Gasteiger partial charge in [0.25, 0.3) is 0 Å². The summed E-state index contributed by atoms with van der Waals surface area (Å²) in [5.74, 6) is -1.16. The Balaban J connectivity index is 2.86. The van der Waals surface area contributed by atoms with Crippen molar-refractivity contribution in [3.8, 4) is 0 Å². The van der Waals surface area contributed by atoms with Gasteiger partial charge in [0.2, 0.25) is 10.0 Å². The lowest BCUT2D eigenvalue weighted by Crippen LogP contribution is -2.29. The zero-order chi connectivity index (χ0) is 15.3. The topological polar surface area (TPSA) is 92.7 Å². The summed E-state index contributed by atoms with van der Waals surface area (Å²) in [5, 5.41) is 8.91. The van der Waals surface area contributed by atoms with E-state index in [2.05, 4.69) is 4.72 Å². The second-order valence-corrected chi connectivity index (χ2v) is 6.34. The van der Waals surface area contributed by atoms with Crippen LogP contribution in [0.2, 0.25) is 0 Å². The number of aryl methyl sites for hydroxylation is 1. The lowest BCUT2D eigenvalue weighted by Gasteiger charge is -2.11. The monoisotopic (exact) mass is 301 g/mol. The molecule has 0 saturated carbocycles. The molecule has 0 saturated heterocycles. The summed E-state index contributed by atoms with van der Waals surface area (Å²) in [6.07, 6.45) is 0.0246. The Bertz CT molecular complexity index is 580. The summed E-state index contributed by atoms with van der Waals surface area (Å²) in [4.78, 5) is 10.9. The predicted octanol–water partition coefficient (Wildman–Crippen LogP) is 1.40. The van der Waals surface area contributed by atoms with Gasteiger partial charge in [0.1, 0.15) is 0 Å². The molecule has 7 heteroatoms. The van der Waals surface area contributed by atoms with Crippen molar-refractivity contribution < 1.29 is 23.1 Å². The molecule has 0 aliphatic carbocycles. The maximum atomic E-state index is 12.1. The third-order valence-electron chi connectivity index (χ3n) is 2.57. The summed E-state index contributed by atoms with van der Waals surface area (Å²) < 4.78 is 31.9. The number of nitrogens with one attached hydrogen (secondary N) is 1. The van der Waals surface area contributed by atoms with Crippen LogP contribution >= 0.6 is 0 Å². The Kier molecular flexibility index (Phi) is 5.67. The fraction of sp³-hybridized carbons (Fsp3) is 0.462. The Morgan fingerprint density at radius 2 is 2.05 bits per heavy atom. The normalized spacial score (nSPS) is 11.8. The molecule has 0 aromatic heterocycles. The first-order valence-electron chi connectivity index (χ1n) is 6.19. The molecule has 1 aromatic rings. The standard InChI is InChI=1S/C13H19NO5S/c1-9(2)19-7-6-14-20(17,18)12-8-11(13(15)16)5-4-10(12)3/h4-5,8-9,14H,6-7H2,1-3H3,(H,15,16). The molecule has 0 fully saturated rings. The first-order valence-corrected chi connectivity index (χ1v) is 7.67. The van der Waals surface area contributed by atoms with Crippen molar-refractivity contribution >= 4 is 16.0 Å². The molecule has 20 heavy (non-hydrogen) atoms. The summed E-state index contributed by atoms with van der Waals surface area (Å²) in [5.41, 5.74) is 0.432. The van der Waals surface area contributed by atoms with Crippen LogP contribution < -0.4 is 4.72 Å². The highest BCUT2D eigenvalue weighted by Crippen LogP contribution is 2.17. The average molecular weight is 301 g/mol. The molecule has 0 spiro atoms. The van der Waals surface area contributed by atoms with E-state index in [-0.39, 0.29) is 29.7 Å². The van der Waals surface area contributed by atoms with Crippen molar-refractivity contribution in [3.63, 3.8) is 0 Å². The van der Waals surface area contributed by atoms with Crippen LogP contribution in [-0.4, -0.2) is 38.7 Å². The minimum Gasteiger partial charge on any atom is -0.478 e. The average Bonchev–Trinajstić information content (AvgIpc) is 2.34. The molecule has 0 bridgehead atoms. The van der Waals surface area contributed by atoms with Gasteiger partial charge in [0.05, 0.1) is 23.2 Å². The van der Waals surface area contributed by atoms with Crippen LogP contribution in [-0.2, 0) is 14.8 Å². The van der Waals surface area contributed by atoms with Gasteiger partial charge >= 0.3 is 5.97 Å². The smallest absolute Gasteiger partial charge is 0.335 e. The first-order chi connectivity index (χ1) is 9.24. The van der Waals surface area contributed by atoms with Crippen molar-refractivity contribution in [3.05, 3.63) is 29.3 Å². The molecule has 0 radical (unpaired) electrons. The van der Waals surface area contributed by atoms with Crippen LogP contribution in [0.25, 0.3) is 0 Å². The zero-order valence-corrected chi connectivity index (χ0v) is 12.5. The van der Waals surface area contributed by atoms with Crippen LogP contribution in [0.15, 0.2) is 23.1 Å². The third-order valence-corrected chi connectivity index (χ3v) is 4.17. The van der Waals surface area contributed by atoms with Crippen LogP contribution in [0.4, 0.5) is 0 Å². The van der Waals surface area contributed by atoms with E-state index in [0.717, 1.165) is 6.07 Å². The zero-order valence-electron chi connectivity index (χ0n) is 11.7. The molecule has 1 aromatic carbocycles. The number of carboxylic acids is 1. The largest absolute Gasteiger partial charge is 0.478 e. The molecule has 0 unspecified atom stereocenters. The molecular weight excluding hydrogens is 282 g/mol. The van der Waals surface area contributed by atoms with E-state index >= 15 is 0 Å². The minimum absolute atomic E-state index is 0.0246. The maximum absolute atomic E-state index is 12.1. The van der Waals surface area contributed by atoms with Crippen molar-refractivity contribution in [1.29, 1.82) is 0 Å². The molecule has 0 atom stereocenters. The van der Waals surface area contributed by atoms with E-state index in [4.69, 9.17) is 9.84 Å². The van der Waals surface area contributed by atoms with E-state index in [1.165, 1.54) is 12.1 Å². The molecular formula is C13H19NO5S. The Labute approximate surface area is 118 Å². The number of aromatic carboxylic acids is 1. The number of ether oxygens (including phenoxy) is 1. The molecule has 0 heterocycles. The second kappa shape index (κ2) is 6.83. The van der Waals surface area contributed by atoms with Crippen LogP contribution in [0.1, 0.15) is 29.8 Å². The van der Waals surface area contributed by atoms with Crippen LogP contribution in [0.5, 0.6) is 0 Å². The number of rotatable bonds is 7. The number of hydrogen-bond donors (Lipinski definition) is 2. The summed E-state index contributed by atoms with van der Waals surface area (Å²) in [7, 11) is -3.74. The van der Waals surface area contributed by atoms with Gasteiger partial charge in [-0.2, -0.15) is 0 Å². The van der Waals surface area contributed by atoms with E-state index in [0.29, 0.717) is 5.56 Å². The van der Waals surface area contributed by atoms with Crippen molar-refractivity contribution in [2.45, 2.75) is 31.8 Å². The van der Waals surface area contributed by atoms with Crippen LogP contribution in [0.3, 0.4) is 0 Å². The van der Waals surface area contributed by atoms with Crippen molar-refractivity contribution in [2.24, 2.45) is 0 Å². The van der Waals surface area contributed by atoms with Gasteiger partial charge in [0.15, 0.2) is 0 Å². The molecule has 0 aliphatic rings. The molecule has 0 amide bonds. The number of sulfonamides is 1. The lowest BCUT2D eigenvalue weighted by atomic mass is 10.1. The molecule has 2 N–H and O–H groups in total. The highest BCUT2D eigenvalue weighted by atomic mass is 32.2. The number of carboxylic acid groups (broad SMARTS) is 1. The van der Waals surface area contributed by atoms with Gasteiger partial charge in [-0.05, 0) is 38.5 Å². The molecule has 112 valence electrons.